The maximum atomic E-state index is 12.9. The van der Waals surface area contributed by atoms with Gasteiger partial charge in [0, 0.05) is 12.8 Å². The molecule has 75 heavy (non-hydrogen) atoms. The summed E-state index contributed by atoms with van der Waals surface area (Å²) in [6, 6.07) is 0. The number of hydrogen-bond donors (Lipinski definition) is 0. The fraction of sp³-hybridized carbons (Fsp3) is 0.955. The highest BCUT2D eigenvalue weighted by Gasteiger charge is 2.22. The highest BCUT2D eigenvalue weighted by Crippen LogP contribution is 2.19. The number of carbonyl (C=O) groups excluding carboxylic acids is 3. The van der Waals surface area contributed by atoms with Gasteiger partial charge in [0.25, 0.3) is 0 Å². The van der Waals surface area contributed by atoms with Crippen LogP contribution in [0, 0.1) is 0 Å². The van der Waals surface area contributed by atoms with Gasteiger partial charge in [-0.1, -0.05) is 322 Å². The second-order valence-corrected chi connectivity index (χ2v) is 24.1. The summed E-state index contributed by atoms with van der Waals surface area (Å²) in [4.78, 5) is 37.3. The quantitative estimate of drug-likeness (QED) is 0.0256. The fourth-order valence-electron chi connectivity index (χ4n) is 10.2. The van der Waals surface area contributed by atoms with E-state index in [1.54, 1.807) is 0 Å². The molecule has 0 aromatic carbocycles. The lowest BCUT2D eigenvalue weighted by molar-refractivity contribution is -0.870. The average Bonchev–Trinajstić information content (AvgIpc) is 3.38. The Hall–Kier alpha value is -1.71. The number of unbranched alkanes of at least 4 members (excludes halogenated alkanes) is 48. The molecule has 0 aliphatic rings. The summed E-state index contributed by atoms with van der Waals surface area (Å²) >= 11 is 0. The number of aliphatic carboxylic acids is 1. The van der Waals surface area contributed by atoms with Crippen LogP contribution in [0.4, 0.5) is 0 Å². The second-order valence-electron chi connectivity index (χ2n) is 24.1. The third-order valence-corrected chi connectivity index (χ3v) is 15.4. The van der Waals surface area contributed by atoms with E-state index in [4.69, 9.17) is 18.9 Å². The van der Waals surface area contributed by atoms with Crippen molar-refractivity contribution >= 4 is 17.9 Å². The smallest absolute Gasteiger partial charge is 0.306 e. The van der Waals surface area contributed by atoms with Crippen molar-refractivity contribution in [2.24, 2.45) is 0 Å². The van der Waals surface area contributed by atoms with Gasteiger partial charge in [0.2, 0.25) is 0 Å². The number of carboxylic acid groups (broad SMARTS) is 1. The maximum absolute atomic E-state index is 12.9. The van der Waals surface area contributed by atoms with Crippen molar-refractivity contribution < 1.29 is 42.9 Å². The predicted octanol–water partition coefficient (Wildman–Crippen LogP) is 18.6. The summed E-state index contributed by atoms with van der Waals surface area (Å²) in [5.41, 5.74) is 0. The number of carbonyl (C=O) groups is 3. The molecular weight excluding hydrogens is 935 g/mol. The van der Waals surface area contributed by atoms with Crippen LogP contribution in [0.3, 0.4) is 0 Å². The van der Waals surface area contributed by atoms with Gasteiger partial charge in [0.1, 0.15) is 13.2 Å². The molecule has 0 saturated heterocycles. The Morgan fingerprint density at radius 1 is 0.347 bits per heavy atom. The van der Waals surface area contributed by atoms with Crippen molar-refractivity contribution in [3.05, 3.63) is 0 Å². The summed E-state index contributed by atoms with van der Waals surface area (Å²) in [6.07, 6.45) is 64.9. The van der Waals surface area contributed by atoms with E-state index >= 15 is 0 Å². The molecule has 0 bridgehead atoms. The minimum absolute atomic E-state index is 0.153. The molecule has 0 radical (unpaired) electrons. The Labute approximate surface area is 466 Å². The van der Waals surface area contributed by atoms with Gasteiger partial charge in [-0.3, -0.25) is 9.59 Å². The van der Waals surface area contributed by atoms with E-state index in [0.717, 1.165) is 38.5 Å². The number of likely N-dealkylation sites (N-methyl/N-ethyl adjacent to an activating group) is 1. The highest BCUT2D eigenvalue weighted by molar-refractivity contribution is 5.70. The predicted molar refractivity (Wildman–Crippen MR) is 316 cm³/mol. The molecule has 2 unspecified atom stereocenters. The number of ether oxygens (including phenoxy) is 4. The normalized spacial score (nSPS) is 12.6. The van der Waals surface area contributed by atoms with E-state index in [-0.39, 0.29) is 32.2 Å². The van der Waals surface area contributed by atoms with Gasteiger partial charge in [-0.25, -0.2) is 0 Å². The number of nitrogens with zero attached hydrogens (tertiary/aromatic N) is 1. The zero-order valence-corrected chi connectivity index (χ0v) is 51.0. The molecule has 0 spiro atoms. The molecule has 0 heterocycles. The summed E-state index contributed by atoms with van der Waals surface area (Å²) in [5, 5.41) is 11.8. The van der Waals surface area contributed by atoms with Crippen LogP contribution in [-0.2, 0) is 33.3 Å². The van der Waals surface area contributed by atoms with E-state index in [1.807, 2.05) is 21.1 Å². The Bertz CT molecular complexity index is 1190. The van der Waals surface area contributed by atoms with Gasteiger partial charge >= 0.3 is 11.9 Å². The zero-order valence-electron chi connectivity index (χ0n) is 51.0. The third-order valence-electron chi connectivity index (χ3n) is 15.4. The summed E-state index contributed by atoms with van der Waals surface area (Å²) in [5.74, 6) is -2.25. The van der Waals surface area contributed by atoms with Crippen molar-refractivity contribution in [3.63, 3.8) is 0 Å². The highest BCUT2D eigenvalue weighted by atomic mass is 16.7. The molecule has 0 aromatic heterocycles. The van der Waals surface area contributed by atoms with Crippen LogP contribution < -0.4 is 5.11 Å². The molecule has 446 valence electrons. The van der Waals surface area contributed by atoms with Crippen molar-refractivity contribution in [3.8, 4) is 0 Å². The SMILES string of the molecule is CCCCCCCCCCCCCCCCCCCCCCCCCCCCCCCCCCCCCCCC(=O)OC(COC(=O)CCCCCCCCCCCCCCC)COC(OCC[N+](C)(C)C)C(=O)[O-]. The monoisotopic (exact) mass is 1060 g/mol. The van der Waals surface area contributed by atoms with E-state index in [9.17, 15) is 19.5 Å². The topological polar surface area (TPSA) is 111 Å². The molecular formula is C66H129NO8. The lowest BCUT2D eigenvalue weighted by Crippen LogP contribution is -2.44. The van der Waals surface area contributed by atoms with Crippen LogP contribution >= 0.6 is 0 Å². The Balaban J connectivity index is 3.90. The minimum Gasteiger partial charge on any atom is -0.545 e. The van der Waals surface area contributed by atoms with Gasteiger partial charge in [-0.2, -0.15) is 0 Å². The van der Waals surface area contributed by atoms with Crippen molar-refractivity contribution in [2.75, 3.05) is 47.5 Å². The first kappa shape index (κ1) is 73.3. The van der Waals surface area contributed by atoms with Gasteiger partial charge in [-0.05, 0) is 12.8 Å². The molecule has 0 saturated carbocycles. The van der Waals surface area contributed by atoms with Crippen LogP contribution in [0.2, 0.25) is 0 Å². The molecule has 0 aliphatic heterocycles. The Morgan fingerprint density at radius 2 is 0.600 bits per heavy atom. The van der Waals surface area contributed by atoms with E-state index in [1.165, 1.54) is 283 Å². The van der Waals surface area contributed by atoms with Crippen LogP contribution in [0.5, 0.6) is 0 Å². The number of carboxylic acids is 1. The first-order valence-corrected chi connectivity index (χ1v) is 33.2. The summed E-state index contributed by atoms with van der Waals surface area (Å²) < 4.78 is 22.7. The molecule has 9 heteroatoms. The lowest BCUT2D eigenvalue weighted by Gasteiger charge is -2.26. The fourth-order valence-corrected chi connectivity index (χ4v) is 10.2. The average molecular weight is 1060 g/mol. The minimum atomic E-state index is -1.61. The van der Waals surface area contributed by atoms with Crippen LogP contribution in [0.15, 0.2) is 0 Å². The van der Waals surface area contributed by atoms with Crippen LogP contribution in [-0.4, -0.2) is 82.3 Å². The zero-order chi connectivity index (χ0) is 54.8. The number of esters is 2. The lowest BCUT2D eigenvalue weighted by atomic mass is 10.0. The Kier molecular flexibility index (Phi) is 57.1. The first-order chi connectivity index (χ1) is 36.6. The van der Waals surface area contributed by atoms with E-state index < -0.39 is 24.3 Å². The van der Waals surface area contributed by atoms with Gasteiger partial charge in [-0.15, -0.1) is 0 Å². The summed E-state index contributed by atoms with van der Waals surface area (Å²) in [6.45, 7) is 4.81. The molecule has 0 rings (SSSR count). The van der Waals surface area contributed by atoms with Gasteiger partial charge in [0.05, 0.1) is 40.3 Å². The maximum Gasteiger partial charge on any atom is 0.306 e. The molecule has 2 atom stereocenters. The van der Waals surface area contributed by atoms with Crippen molar-refractivity contribution in [1.82, 2.24) is 0 Å². The molecule has 0 aromatic rings. The molecule has 9 nitrogen and oxygen atoms in total. The largest absolute Gasteiger partial charge is 0.545 e. The molecule has 0 aliphatic carbocycles. The van der Waals surface area contributed by atoms with Crippen molar-refractivity contribution in [1.29, 1.82) is 0 Å². The number of hydrogen-bond acceptors (Lipinski definition) is 8. The summed E-state index contributed by atoms with van der Waals surface area (Å²) in [7, 11) is 5.94. The van der Waals surface area contributed by atoms with Gasteiger partial charge in [0.15, 0.2) is 12.4 Å². The van der Waals surface area contributed by atoms with Gasteiger partial charge < -0.3 is 33.3 Å². The molecule has 0 N–H and O–H groups in total. The van der Waals surface area contributed by atoms with Crippen molar-refractivity contribution in [2.45, 2.75) is 360 Å². The van der Waals surface area contributed by atoms with E-state index in [2.05, 4.69) is 13.8 Å². The molecule has 0 amide bonds. The van der Waals surface area contributed by atoms with Crippen LogP contribution in [0.1, 0.15) is 348 Å². The third kappa shape index (κ3) is 59.8. The Morgan fingerprint density at radius 3 is 0.853 bits per heavy atom. The van der Waals surface area contributed by atoms with Crippen LogP contribution in [0.25, 0.3) is 0 Å². The number of rotatable bonds is 63. The standard InChI is InChI=1S/C66H129NO8/c1-6-8-10-12-14-16-18-20-21-22-23-24-25-26-27-28-29-30-31-32-33-34-35-36-37-38-39-40-41-42-43-45-47-49-51-53-55-57-64(69)75-62(61-74-66(65(70)71)72-59-58-67(3,4)5)60-73-63(68)56-54-52-50-48-46-44-19-17-15-13-11-9-7-2/h62,66H,6-61H2,1-5H3. The first-order valence-electron chi connectivity index (χ1n) is 33.2. The van der Waals surface area contributed by atoms with E-state index in [0.29, 0.717) is 17.4 Å². The number of quaternary nitrogens is 1. The second kappa shape index (κ2) is 58.4. The molecule has 0 fully saturated rings.